The summed E-state index contributed by atoms with van der Waals surface area (Å²) in [5.74, 6) is -0.393. The van der Waals surface area contributed by atoms with Gasteiger partial charge in [0.05, 0.1) is 11.0 Å². The van der Waals surface area contributed by atoms with Crippen molar-refractivity contribution in [1.29, 1.82) is 0 Å². The predicted molar refractivity (Wildman–Crippen MR) is 75.9 cm³/mol. The van der Waals surface area contributed by atoms with E-state index < -0.39 is 16.9 Å². The molecule has 3 N–H and O–H groups in total. The van der Waals surface area contributed by atoms with E-state index in [4.69, 9.17) is 22.1 Å². The van der Waals surface area contributed by atoms with Crippen LogP contribution in [0.25, 0.3) is 0 Å². The first kappa shape index (κ1) is 16.4. The molecule has 0 spiro atoms. The van der Waals surface area contributed by atoms with Crippen molar-refractivity contribution in [3.63, 3.8) is 0 Å². The molecule has 0 aliphatic carbocycles. The number of amides is 1. The Bertz CT molecular complexity index is 522. The Morgan fingerprint density at radius 2 is 2.25 bits per heavy atom. The maximum absolute atomic E-state index is 11.8. The van der Waals surface area contributed by atoms with Crippen molar-refractivity contribution in [2.24, 2.45) is 5.73 Å². The number of carbonyl (C=O) groups is 1. The fraction of sp³-hybridized carbons (Fsp3) is 0.417. The first-order valence-corrected chi connectivity index (χ1v) is 6.24. The zero-order chi connectivity index (χ0) is 15.3. The van der Waals surface area contributed by atoms with E-state index in [1.165, 1.54) is 19.2 Å². The summed E-state index contributed by atoms with van der Waals surface area (Å²) in [4.78, 5) is 22.0. The molecular weight excluding hydrogens is 286 g/mol. The maximum Gasteiger partial charge on any atom is 0.288 e. The standard InChI is InChI=1S/C12H16ClN3O4/c1-7-5-11(16(18)19)8(13)6-10(7)15-12(17)9(14)3-4-20-2/h5-6,9H,3-4,14H2,1-2H3,(H,15,17). The van der Waals surface area contributed by atoms with Gasteiger partial charge in [0, 0.05) is 25.5 Å². The quantitative estimate of drug-likeness (QED) is 0.616. The minimum atomic E-state index is -0.719. The summed E-state index contributed by atoms with van der Waals surface area (Å²) in [5.41, 5.74) is 6.42. The van der Waals surface area contributed by atoms with Gasteiger partial charge in [-0.2, -0.15) is 0 Å². The third kappa shape index (κ3) is 4.16. The van der Waals surface area contributed by atoms with Gasteiger partial charge in [-0.15, -0.1) is 0 Å². The number of nitrogens with two attached hydrogens (primary N) is 1. The molecule has 0 aliphatic heterocycles. The Kier molecular flexibility index (Phi) is 5.87. The molecule has 7 nitrogen and oxygen atoms in total. The molecule has 1 aromatic rings. The Morgan fingerprint density at radius 1 is 1.60 bits per heavy atom. The molecule has 1 atom stereocenters. The molecule has 1 unspecified atom stereocenters. The largest absolute Gasteiger partial charge is 0.385 e. The van der Waals surface area contributed by atoms with Gasteiger partial charge >= 0.3 is 0 Å². The highest BCUT2D eigenvalue weighted by atomic mass is 35.5. The van der Waals surface area contributed by atoms with Gasteiger partial charge in [-0.05, 0) is 25.0 Å². The Morgan fingerprint density at radius 3 is 2.80 bits per heavy atom. The van der Waals surface area contributed by atoms with Crippen molar-refractivity contribution in [3.8, 4) is 0 Å². The van der Waals surface area contributed by atoms with Crippen LogP contribution in [0.1, 0.15) is 12.0 Å². The molecule has 1 amide bonds. The van der Waals surface area contributed by atoms with E-state index in [2.05, 4.69) is 5.32 Å². The number of aryl methyl sites for hydroxylation is 1. The fourth-order valence-electron chi connectivity index (χ4n) is 1.54. The average Bonchev–Trinajstić information content (AvgIpc) is 2.39. The van der Waals surface area contributed by atoms with Crippen molar-refractivity contribution in [2.45, 2.75) is 19.4 Å². The molecule has 20 heavy (non-hydrogen) atoms. The maximum atomic E-state index is 11.8. The number of benzene rings is 1. The van der Waals surface area contributed by atoms with Gasteiger partial charge in [0.25, 0.3) is 5.69 Å². The molecule has 0 aromatic heterocycles. The molecule has 0 radical (unpaired) electrons. The highest BCUT2D eigenvalue weighted by molar-refractivity contribution is 6.33. The lowest BCUT2D eigenvalue weighted by atomic mass is 10.1. The van der Waals surface area contributed by atoms with Gasteiger partial charge in [-0.3, -0.25) is 14.9 Å². The van der Waals surface area contributed by atoms with Gasteiger partial charge in [0.2, 0.25) is 5.91 Å². The molecule has 0 saturated heterocycles. The van der Waals surface area contributed by atoms with Crippen molar-refractivity contribution in [2.75, 3.05) is 19.0 Å². The molecule has 0 bridgehead atoms. The lowest BCUT2D eigenvalue weighted by Gasteiger charge is -2.13. The normalized spacial score (nSPS) is 12.0. The number of hydrogen-bond acceptors (Lipinski definition) is 5. The van der Waals surface area contributed by atoms with E-state index in [9.17, 15) is 14.9 Å². The van der Waals surface area contributed by atoms with Crippen LogP contribution in [-0.4, -0.2) is 30.6 Å². The number of methoxy groups -OCH3 is 1. The number of halogens is 1. The van der Waals surface area contributed by atoms with E-state index in [-0.39, 0.29) is 10.7 Å². The van der Waals surface area contributed by atoms with E-state index in [1.54, 1.807) is 6.92 Å². The number of anilines is 1. The number of rotatable bonds is 6. The van der Waals surface area contributed by atoms with Crippen LogP contribution in [0.3, 0.4) is 0 Å². The summed E-state index contributed by atoms with van der Waals surface area (Å²) in [6.45, 7) is 2.01. The van der Waals surface area contributed by atoms with Crippen LogP contribution in [0.5, 0.6) is 0 Å². The van der Waals surface area contributed by atoms with Crippen LogP contribution in [-0.2, 0) is 9.53 Å². The monoisotopic (exact) mass is 301 g/mol. The summed E-state index contributed by atoms with van der Waals surface area (Å²) in [6.07, 6.45) is 0.377. The molecule has 0 fully saturated rings. The Labute approximate surface area is 121 Å². The molecule has 8 heteroatoms. The highest BCUT2D eigenvalue weighted by Gasteiger charge is 2.18. The van der Waals surface area contributed by atoms with Crippen LogP contribution in [0.4, 0.5) is 11.4 Å². The van der Waals surface area contributed by atoms with E-state index >= 15 is 0 Å². The van der Waals surface area contributed by atoms with Gasteiger partial charge < -0.3 is 15.8 Å². The highest BCUT2D eigenvalue weighted by Crippen LogP contribution is 2.30. The second-order valence-corrected chi connectivity index (χ2v) is 4.66. The molecule has 0 aliphatic rings. The summed E-state index contributed by atoms with van der Waals surface area (Å²) in [5, 5.41) is 13.3. The number of carbonyl (C=O) groups excluding carboxylic acids is 1. The lowest BCUT2D eigenvalue weighted by Crippen LogP contribution is -2.36. The van der Waals surface area contributed by atoms with Gasteiger partial charge in [0.15, 0.2) is 0 Å². The summed E-state index contributed by atoms with van der Waals surface area (Å²) < 4.78 is 4.84. The second-order valence-electron chi connectivity index (χ2n) is 4.25. The van der Waals surface area contributed by atoms with Crippen molar-refractivity contribution >= 4 is 28.9 Å². The first-order chi connectivity index (χ1) is 9.36. The first-order valence-electron chi connectivity index (χ1n) is 5.86. The summed E-state index contributed by atoms with van der Waals surface area (Å²) in [6, 6.07) is 1.93. The number of hydrogen-bond donors (Lipinski definition) is 2. The van der Waals surface area contributed by atoms with E-state index in [1.807, 2.05) is 0 Å². The third-order valence-corrected chi connectivity index (χ3v) is 3.02. The van der Waals surface area contributed by atoms with Gasteiger partial charge in [0.1, 0.15) is 5.02 Å². The van der Waals surface area contributed by atoms with Crippen LogP contribution in [0.15, 0.2) is 12.1 Å². The van der Waals surface area contributed by atoms with Crippen LogP contribution in [0, 0.1) is 17.0 Å². The summed E-state index contributed by atoms with van der Waals surface area (Å²) in [7, 11) is 1.52. The van der Waals surface area contributed by atoms with Crippen LogP contribution >= 0.6 is 11.6 Å². The molecule has 1 aromatic carbocycles. The Hall–Kier alpha value is -1.70. The topological polar surface area (TPSA) is 107 Å². The van der Waals surface area contributed by atoms with Gasteiger partial charge in [-0.1, -0.05) is 11.6 Å². The predicted octanol–water partition coefficient (Wildman–Crippen LogP) is 1.86. The SMILES string of the molecule is COCCC(N)C(=O)Nc1cc(Cl)c([N+](=O)[O-])cc1C. The summed E-state index contributed by atoms with van der Waals surface area (Å²) >= 11 is 5.80. The molecule has 0 saturated carbocycles. The van der Waals surface area contributed by atoms with Crippen LogP contribution in [0.2, 0.25) is 5.02 Å². The fourth-order valence-corrected chi connectivity index (χ4v) is 1.77. The third-order valence-electron chi connectivity index (χ3n) is 2.72. The minimum Gasteiger partial charge on any atom is -0.385 e. The Balaban J connectivity index is 2.85. The molecule has 0 heterocycles. The van der Waals surface area contributed by atoms with Gasteiger partial charge in [-0.25, -0.2) is 0 Å². The average molecular weight is 302 g/mol. The van der Waals surface area contributed by atoms with Crippen LogP contribution < -0.4 is 11.1 Å². The zero-order valence-corrected chi connectivity index (χ0v) is 11.9. The molecule has 110 valence electrons. The number of nitrogens with one attached hydrogen (secondary N) is 1. The number of nitro groups is 1. The smallest absolute Gasteiger partial charge is 0.288 e. The molecular formula is C12H16ClN3O4. The number of ether oxygens (including phenoxy) is 1. The van der Waals surface area contributed by atoms with E-state index in [0.717, 1.165) is 0 Å². The number of nitro benzene ring substituents is 1. The molecule has 1 rings (SSSR count). The van der Waals surface area contributed by atoms with E-state index in [0.29, 0.717) is 24.3 Å². The number of nitrogens with zero attached hydrogens (tertiary/aromatic N) is 1. The zero-order valence-electron chi connectivity index (χ0n) is 11.2. The lowest BCUT2D eigenvalue weighted by molar-refractivity contribution is -0.384. The van der Waals surface area contributed by atoms with Crippen molar-refractivity contribution in [3.05, 3.63) is 32.8 Å². The van der Waals surface area contributed by atoms with Crippen molar-refractivity contribution in [1.82, 2.24) is 0 Å². The van der Waals surface area contributed by atoms with Crippen molar-refractivity contribution < 1.29 is 14.5 Å². The minimum absolute atomic E-state index is 0.0404. The second kappa shape index (κ2) is 7.18.